The Morgan fingerprint density at radius 3 is 2.66 bits per heavy atom. The van der Waals surface area contributed by atoms with Crippen molar-refractivity contribution in [3.8, 4) is 17.3 Å². The van der Waals surface area contributed by atoms with Crippen LogP contribution in [-0.2, 0) is 11.2 Å². The van der Waals surface area contributed by atoms with Crippen molar-refractivity contribution in [1.29, 1.82) is 0 Å². The quantitative estimate of drug-likeness (QED) is 0.287. The second-order valence-electron chi connectivity index (χ2n) is 9.07. The molecule has 4 rings (SSSR count). The molecule has 2 N–H and O–H groups in total. The first-order valence-corrected chi connectivity index (χ1v) is 12.4. The summed E-state index contributed by atoms with van der Waals surface area (Å²) in [4.78, 5) is 30.4. The van der Waals surface area contributed by atoms with Crippen LogP contribution in [-0.4, -0.2) is 71.5 Å². The summed E-state index contributed by atoms with van der Waals surface area (Å²) in [6.07, 6.45) is 5.73. The Morgan fingerprint density at radius 1 is 1.13 bits per heavy atom. The third-order valence-electron chi connectivity index (χ3n) is 6.15. The maximum atomic E-state index is 12.2. The van der Waals surface area contributed by atoms with Gasteiger partial charge in [0.1, 0.15) is 11.4 Å². The molecule has 4 aromatic rings. The minimum atomic E-state index is -0.306. The van der Waals surface area contributed by atoms with Crippen molar-refractivity contribution in [3.63, 3.8) is 0 Å². The molecule has 0 spiro atoms. The van der Waals surface area contributed by atoms with Gasteiger partial charge in [-0.2, -0.15) is 0 Å². The van der Waals surface area contributed by atoms with E-state index in [0.717, 1.165) is 42.2 Å². The molecular formula is C28H34N8O2. The van der Waals surface area contributed by atoms with E-state index in [9.17, 15) is 4.79 Å². The largest absolute Gasteiger partial charge is 0.494 e. The van der Waals surface area contributed by atoms with Crippen LogP contribution >= 0.6 is 0 Å². The van der Waals surface area contributed by atoms with Gasteiger partial charge < -0.3 is 25.2 Å². The number of imidazole rings is 1. The molecule has 3 aromatic heterocycles. The number of amides is 1. The monoisotopic (exact) mass is 514 g/mol. The summed E-state index contributed by atoms with van der Waals surface area (Å²) in [6, 6.07) is 11.6. The number of anilines is 4. The van der Waals surface area contributed by atoms with Crippen LogP contribution in [0, 0.1) is 0 Å². The summed E-state index contributed by atoms with van der Waals surface area (Å²) < 4.78 is 7.74. The molecule has 0 aliphatic carbocycles. The fraction of sp³-hybridized carbons (Fsp3) is 0.286. The fourth-order valence-corrected chi connectivity index (χ4v) is 4.11. The Morgan fingerprint density at radius 2 is 1.95 bits per heavy atom. The maximum absolute atomic E-state index is 12.2. The second kappa shape index (κ2) is 11.7. The lowest BCUT2D eigenvalue weighted by molar-refractivity contribution is -0.111. The average molecular weight is 515 g/mol. The number of nitrogens with zero attached hydrogens (tertiary/aromatic N) is 6. The van der Waals surface area contributed by atoms with E-state index in [0.29, 0.717) is 28.8 Å². The van der Waals surface area contributed by atoms with Crippen molar-refractivity contribution in [3.05, 3.63) is 67.1 Å². The van der Waals surface area contributed by atoms with Crippen LogP contribution < -0.4 is 20.3 Å². The molecule has 0 saturated heterocycles. The van der Waals surface area contributed by atoms with Crippen LogP contribution in [0.2, 0.25) is 0 Å². The lowest BCUT2D eigenvalue weighted by Crippen LogP contribution is -2.29. The van der Waals surface area contributed by atoms with Crippen LogP contribution in [0.25, 0.3) is 17.0 Å². The lowest BCUT2D eigenvalue weighted by atomic mass is 10.2. The number of aromatic nitrogens is 4. The molecule has 0 saturated carbocycles. The molecule has 3 heterocycles. The SMILES string of the molecule is C=CC(=O)Nc1cc(Nc2nccc(-c3nc(CC)c4ccccn34)n2)c(OC)cc1N(C)CCN(C)C. The number of hydrogen-bond donors (Lipinski definition) is 2. The number of nitrogens with one attached hydrogen (secondary N) is 2. The van der Waals surface area contributed by atoms with E-state index in [-0.39, 0.29) is 5.91 Å². The van der Waals surface area contributed by atoms with Gasteiger partial charge in [0.05, 0.1) is 35.4 Å². The molecule has 0 radical (unpaired) electrons. The molecule has 0 unspecified atom stereocenters. The van der Waals surface area contributed by atoms with E-state index < -0.39 is 0 Å². The molecule has 0 bridgehead atoms. The first kappa shape index (κ1) is 26.6. The van der Waals surface area contributed by atoms with E-state index in [2.05, 4.69) is 45.0 Å². The summed E-state index contributed by atoms with van der Waals surface area (Å²) in [5, 5.41) is 6.17. The van der Waals surface area contributed by atoms with Crippen molar-refractivity contribution < 1.29 is 9.53 Å². The highest BCUT2D eigenvalue weighted by molar-refractivity contribution is 6.02. The number of benzene rings is 1. The Labute approximate surface area is 223 Å². The molecule has 0 aliphatic heterocycles. The number of rotatable bonds is 11. The van der Waals surface area contributed by atoms with E-state index in [1.165, 1.54) is 6.08 Å². The fourth-order valence-electron chi connectivity index (χ4n) is 4.11. The number of aryl methyl sites for hydroxylation is 1. The van der Waals surface area contributed by atoms with Gasteiger partial charge in [0.25, 0.3) is 0 Å². The van der Waals surface area contributed by atoms with Gasteiger partial charge in [-0.1, -0.05) is 19.6 Å². The third-order valence-corrected chi connectivity index (χ3v) is 6.15. The highest BCUT2D eigenvalue weighted by atomic mass is 16.5. The van der Waals surface area contributed by atoms with E-state index in [1.807, 2.05) is 62.1 Å². The maximum Gasteiger partial charge on any atom is 0.247 e. The highest BCUT2D eigenvalue weighted by Gasteiger charge is 2.18. The summed E-state index contributed by atoms with van der Waals surface area (Å²) in [5.74, 6) is 1.40. The van der Waals surface area contributed by atoms with Gasteiger partial charge in [0.15, 0.2) is 5.82 Å². The number of likely N-dealkylation sites (N-methyl/N-ethyl adjacent to an activating group) is 2. The first-order valence-electron chi connectivity index (χ1n) is 12.4. The summed E-state index contributed by atoms with van der Waals surface area (Å²) in [7, 11) is 7.61. The second-order valence-corrected chi connectivity index (χ2v) is 9.07. The van der Waals surface area contributed by atoms with Crippen molar-refractivity contribution in [2.75, 3.05) is 56.9 Å². The van der Waals surface area contributed by atoms with E-state index >= 15 is 0 Å². The number of fused-ring (bicyclic) bond motifs is 1. The van der Waals surface area contributed by atoms with Crippen LogP contribution in [0.4, 0.5) is 23.0 Å². The summed E-state index contributed by atoms with van der Waals surface area (Å²) >= 11 is 0. The van der Waals surface area contributed by atoms with Crippen molar-refractivity contribution >= 4 is 34.4 Å². The topological polar surface area (TPSA) is 99.9 Å². The zero-order chi connectivity index (χ0) is 27.2. The number of hydrogen-bond acceptors (Lipinski definition) is 8. The van der Waals surface area contributed by atoms with Gasteiger partial charge in [0, 0.05) is 38.6 Å². The minimum absolute atomic E-state index is 0.306. The van der Waals surface area contributed by atoms with E-state index in [4.69, 9.17) is 14.7 Å². The molecule has 198 valence electrons. The number of carbonyl (C=O) groups excluding carboxylic acids is 1. The first-order chi connectivity index (χ1) is 18.3. The molecule has 10 nitrogen and oxygen atoms in total. The van der Waals surface area contributed by atoms with Gasteiger partial charge in [0.2, 0.25) is 11.9 Å². The predicted octanol–water partition coefficient (Wildman–Crippen LogP) is 4.23. The predicted molar refractivity (Wildman–Crippen MR) is 153 cm³/mol. The molecule has 10 heteroatoms. The van der Waals surface area contributed by atoms with Gasteiger partial charge in [-0.25, -0.2) is 15.0 Å². The zero-order valence-electron chi connectivity index (χ0n) is 22.5. The third kappa shape index (κ3) is 5.76. The Bertz CT molecular complexity index is 1450. The smallest absolute Gasteiger partial charge is 0.247 e. The number of ether oxygens (including phenoxy) is 1. The molecule has 0 aliphatic rings. The highest BCUT2D eigenvalue weighted by Crippen LogP contribution is 2.38. The van der Waals surface area contributed by atoms with Crippen molar-refractivity contribution in [1.82, 2.24) is 24.3 Å². The molecule has 38 heavy (non-hydrogen) atoms. The van der Waals surface area contributed by atoms with Crippen LogP contribution in [0.5, 0.6) is 5.75 Å². The van der Waals surface area contributed by atoms with Gasteiger partial charge in [-0.05, 0) is 50.9 Å². The average Bonchev–Trinajstić information content (AvgIpc) is 3.31. The Hall–Kier alpha value is -4.44. The van der Waals surface area contributed by atoms with Crippen molar-refractivity contribution in [2.24, 2.45) is 0 Å². The summed E-state index contributed by atoms with van der Waals surface area (Å²) in [5.41, 5.74) is 4.78. The van der Waals surface area contributed by atoms with Crippen LogP contribution in [0.1, 0.15) is 12.6 Å². The number of pyridine rings is 1. The number of carbonyl (C=O) groups is 1. The normalized spacial score (nSPS) is 11.0. The zero-order valence-corrected chi connectivity index (χ0v) is 22.5. The van der Waals surface area contributed by atoms with Crippen molar-refractivity contribution in [2.45, 2.75) is 13.3 Å². The van der Waals surface area contributed by atoms with Gasteiger partial charge >= 0.3 is 0 Å². The number of methoxy groups -OCH3 is 1. The molecule has 0 atom stereocenters. The lowest BCUT2D eigenvalue weighted by Gasteiger charge is -2.26. The molecular weight excluding hydrogens is 480 g/mol. The van der Waals surface area contributed by atoms with Gasteiger partial charge in [-0.15, -0.1) is 0 Å². The molecule has 0 fully saturated rings. The standard InChI is InChI=1S/C28H34N8O2/c1-7-19-23-11-9-10-14-36(23)27(31-19)20-12-13-29-28(32-20)33-22-17-21(30-26(37)8-2)24(18-25(22)38-6)35(5)16-15-34(3)4/h8-14,17-18H,2,7,15-16H2,1,3-6H3,(H,30,37)(H,29,32,33). The van der Waals surface area contributed by atoms with Crippen LogP contribution in [0.15, 0.2) is 61.4 Å². The van der Waals surface area contributed by atoms with Gasteiger partial charge in [-0.3, -0.25) is 9.20 Å². The minimum Gasteiger partial charge on any atom is -0.494 e. The van der Waals surface area contributed by atoms with Crippen LogP contribution in [0.3, 0.4) is 0 Å². The molecule has 1 aromatic carbocycles. The Balaban J connectivity index is 1.71. The summed E-state index contributed by atoms with van der Waals surface area (Å²) in [6.45, 7) is 7.26. The molecule has 1 amide bonds. The Kier molecular flexibility index (Phi) is 8.22. The van der Waals surface area contributed by atoms with E-state index in [1.54, 1.807) is 13.3 Å².